The van der Waals surface area contributed by atoms with Gasteiger partial charge in [0.25, 0.3) is 5.56 Å². The van der Waals surface area contributed by atoms with Crippen LogP contribution in [0.3, 0.4) is 0 Å². The first-order chi connectivity index (χ1) is 8.34. The molecule has 96 valence electrons. The van der Waals surface area contributed by atoms with Crippen LogP contribution in [0.5, 0.6) is 5.75 Å². The number of alkyl halides is 3. The van der Waals surface area contributed by atoms with Crippen LogP contribution in [-0.4, -0.2) is 11.7 Å². The number of benzene rings is 1. The van der Waals surface area contributed by atoms with Gasteiger partial charge in [-0.3, -0.25) is 4.79 Å². The Balaban J connectivity index is 2.91. The minimum Gasteiger partial charge on any atom is -0.497 e. The van der Waals surface area contributed by atoms with Crippen LogP contribution in [0, 0.1) is 0 Å². The van der Waals surface area contributed by atoms with E-state index in [2.05, 4.69) is 0 Å². The second kappa shape index (κ2) is 4.04. The lowest BCUT2D eigenvalue weighted by molar-refractivity contribution is -0.136. The van der Waals surface area contributed by atoms with E-state index in [9.17, 15) is 18.0 Å². The fourth-order valence-electron chi connectivity index (χ4n) is 1.79. The van der Waals surface area contributed by atoms with Crippen molar-refractivity contribution in [1.82, 2.24) is 4.57 Å². The van der Waals surface area contributed by atoms with Crippen LogP contribution in [0.2, 0.25) is 0 Å². The van der Waals surface area contributed by atoms with Crippen molar-refractivity contribution in [3.05, 3.63) is 40.2 Å². The summed E-state index contributed by atoms with van der Waals surface area (Å²) < 4.78 is 44.6. The minimum atomic E-state index is -4.56. The SMILES string of the molecule is COc1ccc2c(C(F)(F)F)cc(=O)n(C)c2c1. The molecule has 0 radical (unpaired) electrons. The van der Waals surface area contributed by atoms with Gasteiger partial charge in [-0.2, -0.15) is 13.2 Å². The molecule has 0 spiro atoms. The van der Waals surface area contributed by atoms with Gasteiger partial charge in [0.05, 0.1) is 18.2 Å². The third kappa shape index (κ3) is 1.94. The summed E-state index contributed by atoms with van der Waals surface area (Å²) in [6, 6.07) is 4.75. The van der Waals surface area contributed by atoms with Crippen LogP contribution >= 0.6 is 0 Å². The number of rotatable bonds is 1. The zero-order valence-electron chi connectivity index (χ0n) is 9.71. The molecule has 0 unspecified atom stereocenters. The topological polar surface area (TPSA) is 31.2 Å². The van der Waals surface area contributed by atoms with E-state index in [0.717, 1.165) is 4.57 Å². The lowest BCUT2D eigenvalue weighted by Gasteiger charge is -2.13. The average Bonchev–Trinajstić information content (AvgIpc) is 2.31. The number of pyridine rings is 1. The number of nitrogens with zero attached hydrogens (tertiary/aromatic N) is 1. The summed E-state index contributed by atoms with van der Waals surface area (Å²) in [5.41, 5.74) is -1.44. The van der Waals surface area contributed by atoms with Gasteiger partial charge < -0.3 is 9.30 Å². The second-order valence-corrected chi connectivity index (χ2v) is 3.84. The average molecular weight is 257 g/mol. The molecule has 2 aromatic rings. The molecule has 3 nitrogen and oxygen atoms in total. The van der Waals surface area contributed by atoms with Crippen LogP contribution in [0.1, 0.15) is 5.56 Å². The van der Waals surface area contributed by atoms with E-state index < -0.39 is 17.3 Å². The van der Waals surface area contributed by atoms with Crippen molar-refractivity contribution < 1.29 is 17.9 Å². The summed E-state index contributed by atoms with van der Waals surface area (Å²) in [7, 11) is 2.83. The summed E-state index contributed by atoms with van der Waals surface area (Å²) in [6.07, 6.45) is -4.56. The van der Waals surface area contributed by atoms with E-state index in [0.29, 0.717) is 11.8 Å². The standard InChI is InChI=1S/C12H10F3NO2/c1-16-10-5-7(18-2)3-4-8(10)9(6-11(16)17)12(13,14)15/h3-6H,1-2H3. The molecule has 1 aromatic heterocycles. The van der Waals surface area contributed by atoms with E-state index in [1.807, 2.05) is 0 Å². The third-order valence-corrected chi connectivity index (χ3v) is 2.76. The maximum absolute atomic E-state index is 12.8. The summed E-state index contributed by atoms with van der Waals surface area (Å²) in [6.45, 7) is 0. The van der Waals surface area contributed by atoms with Gasteiger partial charge in [0.2, 0.25) is 0 Å². The van der Waals surface area contributed by atoms with E-state index in [-0.39, 0.29) is 10.9 Å². The van der Waals surface area contributed by atoms with E-state index in [1.54, 1.807) is 0 Å². The molecule has 0 saturated carbocycles. The normalized spacial score (nSPS) is 11.8. The number of aryl methyl sites for hydroxylation is 1. The van der Waals surface area contributed by atoms with E-state index in [1.165, 1.54) is 32.4 Å². The predicted octanol–water partition coefficient (Wildman–Crippen LogP) is 2.57. The number of ether oxygens (including phenoxy) is 1. The van der Waals surface area contributed by atoms with Crippen LogP contribution in [-0.2, 0) is 13.2 Å². The van der Waals surface area contributed by atoms with Gasteiger partial charge in [-0.05, 0) is 12.1 Å². The van der Waals surface area contributed by atoms with Gasteiger partial charge in [-0.15, -0.1) is 0 Å². The van der Waals surface area contributed by atoms with Gasteiger partial charge in [-0.25, -0.2) is 0 Å². The fraction of sp³-hybridized carbons (Fsp3) is 0.250. The van der Waals surface area contributed by atoms with Crippen molar-refractivity contribution in [3.63, 3.8) is 0 Å². The first kappa shape index (κ1) is 12.5. The number of hydrogen-bond donors (Lipinski definition) is 0. The van der Waals surface area contributed by atoms with Gasteiger partial charge in [0, 0.05) is 24.6 Å². The molecule has 0 aliphatic rings. The summed E-state index contributed by atoms with van der Waals surface area (Å²) in [5.74, 6) is 0.400. The molecular formula is C12H10F3NO2. The summed E-state index contributed by atoms with van der Waals surface area (Å²) in [5, 5.41) is -0.0228. The Kier molecular flexibility index (Phi) is 2.80. The molecule has 0 amide bonds. The Morgan fingerprint density at radius 1 is 1.22 bits per heavy atom. The van der Waals surface area contributed by atoms with Crippen LogP contribution in [0.4, 0.5) is 13.2 Å². The fourth-order valence-corrected chi connectivity index (χ4v) is 1.79. The van der Waals surface area contributed by atoms with E-state index in [4.69, 9.17) is 4.74 Å². The molecule has 1 heterocycles. The number of hydrogen-bond acceptors (Lipinski definition) is 2. The van der Waals surface area contributed by atoms with E-state index >= 15 is 0 Å². The molecule has 0 saturated heterocycles. The monoisotopic (exact) mass is 257 g/mol. The molecular weight excluding hydrogens is 247 g/mol. The maximum atomic E-state index is 12.8. The molecule has 18 heavy (non-hydrogen) atoms. The number of fused-ring (bicyclic) bond motifs is 1. The highest BCUT2D eigenvalue weighted by Crippen LogP contribution is 2.34. The molecule has 0 atom stereocenters. The maximum Gasteiger partial charge on any atom is 0.417 e. The quantitative estimate of drug-likeness (QED) is 0.786. The van der Waals surface area contributed by atoms with Crippen LogP contribution in [0.15, 0.2) is 29.1 Å². The van der Waals surface area contributed by atoms with Crippen molar-refractivity contribution in [2.75, 3.05) is 7.11 Å². The van der Waals surface area contributed by atoms with Crippen LogP contribution in [0.25, 0.3) is 10.9 Å². The van der Waals surface area contributed by atoms with Crippen molar-refractivity contribution in [3.8, 4) is 5.75 Å². The van der Waals surface area contributed by atoms with Crippen molar-refractivity contribution in [1.29, 1.82) is 0 Å². The summed E-state index contributed by atoms with van der Waals surface area (Å²) in [4.78, 5) is 11.5. The van der Waals surface area contributed by atoms with Gasteiger partial charge in [0.1, 0.15) is 5.75 Å². The number of aromatic nitrogens is 1. The molecule has 0 N–H and O–H groups in total. The van der Waals surface area contributed by atoms with Crippen molar-refractivity contribution in [2.45, 2.75) is 6.18 Å². The zero-order chi connectivity index (χ0) is 13.5. The summed E-state index contributed by atoms with van der Waals surface area (Å²) >= 11 is 0. The first-order valence-corrected chi connectivity index (χ1v) is 5.09. The lowest BCUT2D eigenvalue weighted by Crippen LogP contribution is -2.20. The first-order valence-electron chi connectivity index (χ1n) is 5.09. The Hall–Kier alpha value is -1.98. The Morgan fingerprint density at radius 3 is 2.44 bits per heavy atom. The Labute approximate surface area is 100 Å². The molecule has 6 heteroatoms. The van der Waals surface area contributed by atoms with Crippen molar-refractivity contribution >= 4 is 10.9 Å². The molecule has 0 aliphatic carbocycles. The molecule has 1 aromatic carbocycles. The molecule has 0 bridgehead atoms. The van der Waals surface area contributed by atoms with Gasteiger partial charge in [0.15, 0.2) is 0 Å². The predicted molar refractivity (Wildman–Crippen MR) is 60.7 cm³/mol. The highest BCUT2D eigenvalue weighted by Gasteiger charge is 2.33. The van der Waals surface area contributed by atoms with Gasteiger partial charge >= 0.3 is 6.18 Å². The highest BCUT2D eigenvalue weighted by atomic mass is 19.4. The lowest BCUT2D eigenvalue weighted by atomic mass is 10.1. The third-order valence-electron chi connectivity index (χ3n) is 2.76. The van der Waals surface area contributed by atoms with Crippen molar-refractivity contribution in [2.24, 2.45) is 7.05 Å². The Morgan fingerprint density at radius 2 is 1.89 bits per heavy atom. The minimum absolute atomic E-state index is 0.0228. The Bertz CT molecular complexity index is 659. The highest BCUT2D eigenvalue weighted by molar-refractivity contribution is 5.84. The molecule has 0 fully saturated rings. The number of methoxy groups -OCH3 is 1. The number of halogens is 3. The molecule has 2 rings (SSSR count). The van der Waals surface area contributed by atoms with Crippen LogP contribution < -0.4 is 10.3 Å². The van der Waals surface area contributed by atoms with Gasteiger partial charge in [-0.1, -0.05) is 0 Å². The zero-order valence-corrected chi connectivity index (χ0v) is 9.71. The second-order valence-electron chi connectivity index (χ2n) is 3.84. The molecule has 0 aliphatic heterocycles. The smallest absolute Gasteiger partial charge is 0.417 e. The largest absolute Gasteiger partial charge is 0.497 e.